The van der Waals surface area contributed by atoms with Gasteiger partial charge in [0.15, 0.2) is 5.69 Å². The van der Waals surface area contributed by atoms with E-state index in [2.05, 4.69) is 15.0 Å². The van der Waals surface area contributed by atoms with Crippen LogP contribution in [0.4, 0.5) is 20.3 Å². The van der Waals surface area contributed by atoms with E-state index in [0.717, 1.165) is 18.2 Å². The Balaban J connectivity index is 2.19. The maximum atomic E-state index is 13.5. The molecule has 1 aromatic carbocycles. The quantitative estimate of drug-likeness (QED) is 0.846. The van der Waals surface area contributed by atoms with Crippen molar-refractivity contribution >= 4 is 17.5 Å². The van der Waals surface area contributed by atoms with E-state index in [9.17, 15) is 13.6 Å². The van der Waals surface area contributed by atoms with Crippen molar-refractivity contribution in [3.8, 4) is 0 Å². The molecule has 3 N–H and O–H groups in total. The van der Waals surface area contributed by atoms with Crippen molar-refractivity contribution in [3.05, 3.63) is 53.2 Å². The molecule has 2 aromatic rings. The van der Waals surface area contributed by atoms with Crippen molar-refractivity contribution in [2.45, 2.75) is 6.54 Å². The second kappa shape index (κ2) is 6.17. The number of nitrogens with one attached hydrogen (secondary N) is 1. The molecule has 21 heavy (non-hydrogen) atoms. The summed E-state index contributed by atoms with van der Waals surface area (Å²) in [6.07, 6.45) is 0. The summed E-state index contributed by atoms with van der Waals surface area (Å²) in [5.41, 5.74) is 6.18. The molecule has 0 amide bonds. The van der Waals surface area contributed by atoms with E-state index < -0.39 is 17.6 Å². The van der Waals surface area contributed by atoms with Gasteiger partial charge in [0.25, 0.3) is 0 Å². The molecule has 0 aliphatic carbocycles. The minimum atomic E-state index is -0.616. The lowest BCUT2D eigenvalue weighted by Gasteiger charge is -2.10. The first-order valence-corrected chi connectivity index (χ1v) is 6.04. The van der Waals surface area contributed by atoms with E-state index in [-0.39, 0.29) is 29.3 Å². The number of pyridine rings is 1. The highest BCUT2D eigenvalue weighted by molar-refractivity contribution is 5.88. The largest absolute Gasteiger partial charge is 0.464 e. The first-order valence-electron chi connectivity index (χ1n) is 6.04. The Bertz CT molecular complexity index is 677. The Hall–Kier alpha value is -2.70. The number of methoxy groups -OCH3 is 1. The summed E-state index contributed by atoms with van der Waals surface area (Å²) in [6.45, 7) is -0.0224. The van der Waals surface area contributed by atoms with E-state index in [0.29, 0.717) is 0 Å². The Kier molecular flexibility index (Phi) is 4.32. The zero-order valence-electron chi connectivity index (χ0n) is 11.2. The van der Waals surface area contributed by atoms with Gasteiger partial charge in [0.05, 0.1) is 12.8 Å². The summed E-state index contributed by atoms with van der Waals surface area (Å²) < 4.78 is 31.1. The molecule has 0 aliphatic rings. The third-order valence-electron chi connectivity index (χ3n) is 2.78. The highest BCUT2D eigenvalue weighted by Crippen LogP contribution is 2.18. The minimum Gasteiger partial charge on any atom is -0.464 e. The van der Waals surface area contributed by atoms with Crippen molar-refractivity contribution in [3.63, 3.8) is 0 Å². The number of hydrogen-bond donors (Lipinski definition) is 2. The lowest BCUT2D eigenvalue weighted by molar-refractivity contribution is 0.0594. The van der Waals surface area contributed by atoms with Crippen LogP contribution in [-0.2, 0) is 11.3 Å². The smallest absolute Gasteiger partial charge is 0.356 e. The number of ether oxygens (including phenoxy) is 1. The molecule has 110 valence electrons. The number of carbonyl (C=O) groups is 1. The molecule has 7 heteroatoms. The first-order chi connectivity index (χ1) is 10.0. The van der Waals surface area contributed by atoms with Crippen LogP contribution in [0.3, 0.4) is 0 Å². The van der Waals surface area contributed by atoms with Crippen molar-refractivity contribution in [2.75, 3.05) is 18.2 Å². The van der Waals surface area contributed by atoms with Crippen LogP contribution in [0, 0.1) is 11.6 Å². The van der Waals surface area contributed by atoms with Crippen LogP contribution in [0.25, 0.3) is 0 Å². The topological polar surface area (TPSA) is 77.2 Å². The lowest BCUT2D eigenvalue weighted by Crippen LogP contribution is -2.10. The van der Waals surface area contributed by atoms with Crippen LogP contribution in [0.1, 0.15) is 16.1 Å². The van der Waals surface area contributed by atoms with E-state index in [1.165, 1.54) is 19.2 Å². The first kappa shape index (κ1) is 14.7. The molecule has 0 unspecified atom stereocenters. The fourth-order valence-electron chi connectivity index (χ4n) is 1.69. The predicted octanol–water partition coefficient (Wildman–Crippen LogP) is 2.34. The van der Waals surface area contributed by atoms with E-state index in [1.54, 1.807) is 0 Å². The highest BCUT2D eigenvalue weighted by atomic mass is 19.1. The van der Waals surface area contributed by atoms with Gasteiger partial charge in [0, 0.05) is 12.1 Å². The minimum absolute atomic E-state index is 0.0224. The molecule has 0 aliphatic heterocycles. The summed E-state index contributed by atoms with van der Waals surface area (Å²) >= 11 is 0. The highest BCUT2D eigenvalue weighted by Gasteiger charge is 2.11. The summed E-state index contributed by atoms with van der Waals surface area (Å²) in [5.74, 6) is -1.51. The molecule has 0 fully saturated rings. The number of benzene rings is 1. The molecule has 0 saturated carbocycles. The predicted molar refractivity (Wildman–Crippen MR) is 73.7 cm³/mol. The Morgan fingerprint density at radius 1 is 1.33 bits per heavy atom. The van der Waals surface area contributed by atoms with E-state index >= 15 is 0 Å². The Morgan fingerprint density at radius 3 is 2.81 bits per heavy atom. The van der Waals surface area contributed by atoms with Gasteiger partial charge in [-0.15, -0.1) is 0 Å². The van der Waals surface area contributed by atoms with Crippen molar-refractivity contribution in [1.82, 2.24) is 4.98 Å². The fourth-order valence-corrected chi connectivity index (χ4v) is 1.69. The van der Waals surface area contributed by atoms with Crippen LogP contribution in [0.15, 0.2) is 30.3 Å². The van der Waals surface area contributed by atoms with Crippen molar-refractivity contribution in [2.24, 2.45) is 0 Å². The summed E-state index contributed by atoms with van der Waals surface area (Å²) in [7, 11) is 1.23. The van der Waals surface area contributed by atoms with Crippen LogP contribution >= 0.6 is 0 Å². The number of hydrogen-bond acceptors (Lipinski definition) is 5. The number of halogens is 2. The average molecular weight is 293 g/mol. The molecule has 0 spiro atoms. The second-order valence-electron chi connectivity index (χ2n) is 4.22. The Labute approximate surface area is 119 Å². The molecule has 1 aromatic heterocycles. The number of carbonyl (C=O) groups excluding carboxylic acids is 1. The molecule has 0 saturated heterocycles. The van der Waals surface area contributed by atoms with Crippen molar-refractivity contribution in [1.29, 1.82) is 0 Å². The lowest BCUT2D eigenvalue weighted by atomic mass is 10.2. The Morgan fingerprint density at radius 2 is 2.10 bits per heavy atom. The van der Waals surface area contributed by atoms with Gasteiger partial charge in [0.1, 0.15) is 17.5 Å². The monoisotopic (exact) mass is 293 g/mol. The van der Waals surface area contributed by atoms with Gasteiger partial charge in [-0.1, -0.05) is 0 Å². The third kappa shape index (κ3) is 3.44. The average Bonchev–Trinajstić information content (AvgIpc) is 2.48. The van der Waals surface area contributed by atoms with Crippen LogP contribution in [-0.4, -0.2) is 18.1 Å². The molecule has 1 heterocycles. The number of nitrogen functional groups attached to an aromatic ring is 1. The van der Waals surface area contributed by atoms with Gasteiger partial charge in [0.2, 0.25) is 0 Å². The van der Waals surface area contributed by atoms with Gasteiger partial charge < -0.3 is 15.8 Å². The van der Waals surface area contributed by atoms with Crippen LogP contribution in [0.5, 0.6) is 0 Å². The number of nitrogens with zero attached hydrogens (tertiary/aromatic N) is 1. The summed E-state index contributed by atoms with van der Waals surface area (Å²) in [5, 5.41) is 2.77. The second-order valence-corrected chi connectivity index (χ2v) is 4.22. The van der Waals surface area contributed by atoms with E-state index in [1.807, 2.05) is 0 Å². The number of aromatic nitrogens is 1. The number of esters is 1. The number of rotatable bonds is 4. The van der Waals surface area contributed by atoms with Gasteiger partial charge in [-0.3, -0.25) is 0 Å². The maximum absolute atomic E-state index is 13.5. The number of nitrogens with two attached hydrogens (primary N) is 1. The molecule has 5 nitrogen and oxygen atoms in total. The normalized spacial score (nSPS) is 10.2. The maximum Gasteiger partial charge on any atom is 0.356 e. The summed E-state index contributed by atoms with van der Waals surface area (Å²) in [6, 6.07) is 6.03. The van der Waals surface area contributed by atoms with Gasteiger partial charge in [-0.2, -0.15) is 0 Å². The zero-order valence-corrected chi connectivity index (χ0v) is 11.2. The summed E-state index contributed by atoms with van der Waals surface area (Å²) in [4.78, 5) is 15.4. The fraction of sp³-hybridized carbons (Fsp3) is 0.143. The molecular weight excluding hydrogens is 280 g/mol. The van der Waals surface area contributed by atoms with Gasteiger partial charge in [-0.05, 0) is 30.3 Å². The third-order valence-corrected chi connectivity index (χ3v) is 2.78. The molecule has 0 bridgehead atoms. The molecule has 0 radical (unpaired) electrons. The van der Waals surface area contributed by atoms with Crippen LogP contribution in [0.2, 0.25) is 0 Å². The molecule has 2 rings (SSSR count). The van der Waals surface area contributed by atoms with Gasteiger partial charge in [-0.25, -0.2) is 18.6 Å². The SMILES string of the molecule is COC(=O)c1ccc(N)c(NCc2cc(F)ccc2F)n1. The molecule has 0 atom stereocenters. The van der Waals surface area contributed by atoms with Crippen molar-refractivity contribution < 1.29 is 18.3 Å². The molecular formula is C14H13F2N3O2. The zero-order chi connectivity index (χ0) is 15.4. The number of anilines is 2. The van der Waals surface area contributed by atoms with Crippen LogP contribution < -0.4 is 11.1 Å². The standard InChI is InChI=1S/C14H13F2N3O2/c1-21-14(20)12-5-4-11(17)13(19-12)18-7-8-6-9(15)2-3-10(8)16/h2-6H,7,17H2,1H3,(H,18,19). The van der Waals surface area contributed by atoms with E-state index in [4.69, 9.17) is 5.73 Å². The van der Waals surface area contributed by atoms with Gasteiger partial charge >= 0.3 is 5.97 Å².